The molecule has 0 saturated carbocycles. The number of amides is 1. The first-order chi connectivity index (χ1) is 7.95. The van der Waals surface area contributed by atoms with Gasteiger partial charge in [-0.05, 0) is 24.6 Å². The summed E-state index contributed by atoms with van der Waals surface area (Å²) in [6, 6.07) is 4.47. The fourth-order valence-electron chi connectivity index (χ4n) is 1.33. The van der Waals surface area contributed by atoms with E-state index in [1.807, 2.05) is 0 Å². The number of anilines is 1. The molecule has 0 aliphatic heterocycles. The van der Waals surface area contributed by atoms with Crippen LogP contribution in [0.25, 0.3) is 0 Å². The maximum Gasteiger partial charge on any atom is 0.337 e. The first-order valence-corrected chi connectivity index (χ1v) is 5.03. The lowest BCUT2D eigenvalue weighted by atomic mass is 10.1. The average molecular weight is 253 g/mol. The Hall–Kier alpha value is -2.06. The molecule has 1 rings (SSSR count). The van der Waals surface area contributed by atoms with Gasteiger partial charge in [0.2, 0.25) is 5.91 Å². The second-order valence-corrected chi connectivity index (χ2v) is 3.77. The molecule has 0 atom stereocenters. The summed E-state index contributed by atoms with van der Waals surface area (Å²) in [4.78, 5) is 22.3. The molecule has 0 spiro atoms. The van der Waals surface area contributed by atoms with Crippen molar-refractivity contribution in [2.45, 2.75) is 13.3 Å². The monoisotopic (exact) mass is 252 g/mol. The lowest BCUT2D eigenvalue weighted by molar-refractivity contribution is -0.115. The number of carbonyl (C=O) groups excluding carboxylic acids is 1. The van der Waals surface area contributed by atoms with Gasteiger partial charge in [0.15, 0.2) is 0 Å². The standard InChI is InChI=1S/C11H9ClN2O3/c1-6-4-7(12)5-8(11(16)17)10(6)14-9(15)2-3-13/h4-5H,2H2,1H3,(H,14,15)(H,16,17). The van der Waals surface area contributed by atoms with Crippen LogP contribution in [0.15, 0.2) is 12.1 Å². The zero-order valence-electron chi connectivity index (χ0n) is 8.95. The maximum atomic E-state index is 11.3. The van der Waals surface area contributed by atoms with E-state index in [2.05, 4.69) is 5.32 Å². The van der Waals surface area contributed by atoms with Crippen molar-refractivity contribution in [2.75, 3.05) is 5.32 Å². The fraction of sp³-hybridized carbons (Fsp3) is 0.182. The molecule has 0 aromatic heterocycles. The van der Waals surface area contributed by atoms with Gasteiger partial charge in [-0.25, -0.2) is 4.79 Å². The molecule has 0 radical (unpaired) electrons. The molecule has 17 heavy (non-hydrogen) atoms. The van der Waals surface area contributed by atoms with Gasteiger partial charge in [-0.2, -0.15) is 5.26 Å². The second kappa shape index (κ2) is 5.32. The number of nitrogens with zero attached hydrogens (tertiary/aromatic N) is 1. The van der Waals surface area contributed by atoms with Crippen molar-refractivity contribution < 1.29 is 14.7 Å². The van der Waals surface area contributed by atoms with Crippen molar-refractivity contribution in [2.24, 2.45) is 0 Å². The lowest BCUT2D eigenvalue weighted by Gasteiger charge is -2.11. The van der Waals surface area contributed by atoms with Gasteiger partial charge < -0.3 is 10.4 Å². The number of carboxylic acids is 1. The van der Waals surface area contributed by atoms with Crippen molar-refractivity contribution in [1.82, 2.24) is 0 Å². The lowest BCUT2D eigenvalue weighted by Crippen LogP contribution is -2.15. The summed E-state index contributed by atoms with van der Waals surface area (Å²) in [6.45, 7) is 1.63. The summed E-state index contributed by atoms with van der Waals surface area (Å²) in [5.41, 5.74) is 0.602. The smallest absolute Gasteiger partial charge is 0.337 e. The number of rotatable bonds is 3. The van der Waals surface area contributed by atoms with Gasteiger partial charge in [-0.3, -0.25) is 4.79 Å². The number of hydrogen-bond donors (Lipinski definition) is 2. The molecule has 0 aliphatic rings. The minimum atomic E-state index is -1.19. The van der Waals surface area contributed by atoms with Crippen molar-refractivity contribution in [3.63, 3.8) is 0 Å². The van der Waals surface area contributed by atoms with Gasteiger partial charge in [-0.1, -0.05) is 11.6 Å². The Kier molecular flexibility index (Phi) is 4.07. The van der Waals surface area contributed by atoms with Gasteiger partial charge in [0.25, 0.3) is 0 Å². The Bertz CT molecular complexity index is 520. The van der Waals surface area contributed by atoms with Crippen LogP contribution < -0.4 is 5.32 Å². The molecule has 1 aromatic rings. The molecule has 1 aromatic carbocycles. The van der Waals surface area contributed by atoms with E-state index < -0.39 is 11.9 Å². The van der Waals surface area contributed by atoms with Crippen LogP contribution in [0.3, 0.4) is 0 Å². The average Bonchev–Trinajstić information content (AvgIpc) is 2.21. The number of nitriles is 1. The topological polar surface area (TPSA) is 90.2 Å². The number of carbonyl (C=O) groups is 2. The first kappa shape index (κ1) is 13.0. The Morgan fingerprint density at radius 1 is 1.53 bits per heavy atom. The maximum absolute atomic E-state index is 11.3. The predicted octanol–water partition coefficient (Wildman–Crippen LogP) is 2.20. The van der Waals surface area contributed by atoms with Crippen LogP contribution in [0.2, 0.25) is 5.02 Å². The molecule has 1 amide bonds. The highest BCUT2D eigenvalue weighted by atomic mass is 35.5. The van der Waals surface area contributed by atoms with E-state index in [0.717, 1.165) is 0 Å². The van der Waals surface area contributed by atoms with Gasteiger partial charge in [-0.15, -0.1) is 0 Å². The van der Waals surface area contributed by atoms with Gasteiger partial charge in [0.1, 0.15) is 6.42 Å². The third-order valence-corrected chi connectivity index (χ3v) is 2.25. The third-order valence-electron chi connectivity index (χ3n) is 2.03. The van der Waals surface area contributed by atoms with Gasteiger partial charge in [0.05, 0.1) is 17.3 Å². The fourth-order valence-corrected chi connectivity index (χ4v) is 1.61. The number of halogens is 1. The van der Waals surface area contributed by atoms with Gasteiger partial charge >= 0.3 is 5.97 Å². The van der Waals surface area contributed by atoms with Crippen molar-refractivity contribution in [3.05, 3.63) is 28.3 Å². The SMILES string of the molecule is Cc1cc(Cl)cc(C(=O)O)c1NC(=O)CC#N. The van der Waals surface area contributed by atoms with E-state index in [0.29, 0.717) is 5.56 Å². The number of hydrogen-bond acceptors (Lipinski definition) is 3. The number of carboxylic acid groups (broad SMARTS) is 1. The molecular weight excluding hydrogens is 244 g/mol. The van der Waals surface area contributed by atoms with E-state index in [1.54, 1.807) is 13.0 Å². The van der Waals surface area contributed by atoms with Crippen LogP contribution >= 0.6 is 11.6 Å². The number of benzene rings is 1. The molecule has 0 fully saturated rings. The van der Waals surface area contributed by atoms with Crippen LogP contribution in [0.4, 0.5) is 5.69 Å². The molecule has 0 heterocycles. The molecule has 0 bridgehead atoms. The normalized spacial score (nSPS) is 9.47. The van der Waals surface area contributed by atoms with Gasteiger partial charge in [0, 0.05) is 5.02 Å². The zero-order valence-corrected chi connectivity index (χ0v) is 9.71. The highest BCUT2D eigenvalue weighted by molar-refractivity contribution is 6.31. The van der Waals surface area contributed by atoms with E-state index in [1.165, 1.54) is 12.1 Å². The minimum Gasteiger partial charge on any atom is -0.478 e. The molecule has 0 unspecified atom stereocenters. The summed E-state index contributed by atoms with van der Waals surface area (Å²) >= 11 is 5.74. The molecule has 5 nitrogen and oxygen atoms in total. The summed E-state index contributed by atoms with van der Waals surface area (Å²) < 4.78 is 0. The Balaban J connectivity index is 3.18. The van der Waals surface area contributed by atoms with Crippen molar-refractivity contribution in [1.29, 1.82) is 5.26 Å². The van der Waals surface area contributed by atoms with E-state index in [9.17, 15) is 9.59 Å². The van der Waals surface area contributed by atoms with E-state index >= 15 is 0 Å². The molecular formula is C11H9ClN2O3. The third kappa shape index (κ3) is 3.20. The number of nitrogens with one attached hydrogen (secondary N) is 1. The number of aryl methyl sites for hydroxylation is 1. The predicted molar refractivity (Wildman–Crippen MR) is 62.0 cm³/mol. The summed E-state index contributed by atoms with van der Waals surface area (Å²) in [6.07, 6.45) is -0.332. The Morgan fingerprint density at radius 2 is 2.18 bits per heavy atom. The van der Waals surface area contributed by atoms with Crippen LogP contribution in [-0.2, 0) is 4.79 Å². The minimum absolute atomic E-state index is 0.0960. The molecule has 2 N–H and O–H groups in total. The largest absolute Gasteiger partial charge is 0.478 e. The Morgan fingerprint density at radius 3 is 2.71 bits per heavy atom. The molecule has 0 aliphatic carbocycles. The van der Waals surface area contributed by atoms with Crippen LogP contribution in [0, 0.1) is 18.3 Å². The van der Waals surface area contributed by atoms with Crippen LogP contribution in [0.1, 0.15) is 22.3 Å². The van der Waals surface area contributed by atoms with E-state index in [4.69, 9.17) is 22.0 Å². The summed E-state index contributed by atoms with van der Waals surface area (Å²) in [5, 5.41) is 20.0. The summed E-state index contributed by atoms with van der Waals surface area (Å²) in [5.74, 6) is -1.75. The van der Waals surface area contributed by atoms with Crippen molar-refractivity contribution in [3.8, 4) is 6.07 Å². The Labute approximate surface area is 103 Å². The zero-order chi connectivity index (χ0) is 13.0. The molecule has 6 heteroatoms. The quantitative estimate of drug-likeness (QED) is 0.863. The number of aromatic carboxylic acids is 1. The summed E-state index contributed by atoms with van der Waals surface area (Å²) in [7, 11) is 0. The van der Waals surface area contributed by atoms with Crippen LogP contribution in [-0.4, -0.2) is 17.0 Å². The molecule has 0 saturated heterocycles. The van der Waals surface area contributed by atoms with E-state index in [-0.39, 0.29) is 22.7 Å². The highest BCUT2D eigenvalue weighted by Gasteiger charge is 2.15. The van der Waals surface area contributed by atoms with Crippen molar-refractivity contribution >= 4 is 29.2 Å². The van der Waals surface area contributed by atoms with Crippen LogP contribution in [0.5, 0.6) is 0 Å². The first-order valence-electron chi connectivity index (χ1n) is 4.66. The second-order valence-electron chi connectivity index (χ2n) is 3.33. The highest BCUT2D eigenvalue weighted by Crippen LogP contribution is 2.25. The molecule has 88 valence electrons.